The summed E-state index contributed by atoms with van der Waals surface area (Å²) < 4.78 is 7.63. The van der Waals surface area contributed by atoms with Crippen LogP contribution in [0.2, 0.25) is 0 Å². The zero-order valence-electron chi connectivity index (χ0n) is 14.7. The van der Waals surface area contributed by atoms with Crippen molar-refractivity contribution in [1.82, 2.24) is 10.2 Å². The third kappa shape index (κ3) is 2.78. The minimum Gasteiger partial charge on any atom is -0.539 e. The number of hydrogen-bond donors (Lipinski definition) is 0. The Hall–Kier alpha value is -2.51. The van der Waals surface area contributed by atoms with Crippen LogP contribution < -0.4 is 9.79 Å². The molecule has 0 spiro atoms. The first-order valence-electron chi connectivity index (χ1n) is 8.85. The van der Waals surface area contributed by atoms with E-state index >= 15 is 0 Å². The Labute approximate surface area is 164 Å². The van der Waals surface area contributed by atoms with Gasteiger partial charge in [-0.05, 0) is 29.3 Å². The summed E-state index contributed by atoms with van der Waals surface area (Å²) in [7, 11) is 0. The molecule has 6 nitrogen and oxygen atoms in total. The van der Waals surface area contributed by atoms with E-state index in [0.29, 0.717) is 12.2 Å². The molecular formula is C20H17BrN4O2. The predicted molar refractivity (Wildman–Crippen MR) is 101 cm³/mol. The average Bonchev–Trinajstić information content (AvgIpc) is 3.29. The summed E-state index contributed by atoms with van der Waals surface area (Å²) in [6.45, 7) is 3.57. The number of aliphatic imine (C=N–C) groups is 1. The molecule has 0 radical (unpaired) electrons. The van der Waals surface area contributed by atoms with Crippen LogP contribution in [0.25, 0.3) is 5.69 Å². The van der Waals surface area contributed by atoms with Crippen molar-refractivity contribution in [2.24, 2.45) is 4.99 Å². The van der Waals surface area contributed by atoms with Gasteiger partial charge in [0.15, 0.2) is 5.95 Å². The number of benzene rings is 2. The Morgan fingerprint density at radius 3 is 2.59 bits per heavy atom. The molecule has 136 valence electrons. The van der Waals surface area contributed by atoms with Gasteiger partial charge in [-0.25, -0.2) is 0 Å². The molecule has 3 aromatic rings. The number of aromatic nitrogens is 2. The number of hydrogen-bond acceptors (Lipinski definition) is 5. The molecule has 3 heterocycles. The van der Waals surface area contributed by atoms with Crippen molar-refractivity contribution in [3.8, 4) is 11.6 Å². The highest BCUT2D eigenvalue weighted by Gasteiger charge is 2.55. The zero-order valence-corrected chi connectivity index (χ0v) is 16.3. The summed E-state index contributed by atoms with van der Waals surface area (Å²) >= 11 is 3.48. The van der Waals surface area contributed by atoms with Crippen LogP contribution in [-0.2, 0) is 0 Å². The molecule has 0 bridgehead atoms. The largest absolute Gasteiger partial charge is 0.539 e. The van der Waals surface area contributed by atoms with Crippen LogP contribution in [-0.4, -0.2) is 35.0 Å². The van der Waals surface area contributed by atoms with E-state index in [-0.39, 0.29) is 12.1 Å². The summed E-state index contributed by atoms with van der Waals surface area (Å²) in [6, 6.07) is 16.5. The molecule has 3 atom stereocenters. The molecule has 0 saturated carbocycles. The van der Waals surface area contributed by atoms with Crippen LogP contribution in [0.5, 0.6) is 5.95 Å². The van der Waals surface area contributed by atoms with Gasteiger partial charge >= 0.3 is 0 Å². The monoisotopic (exact) mass is 424 g/mol. The van der Waals surface area contributed by atoms with Crippen molar-refractivity contribution >= 4 is 21.6 Å². The molecule has 1 fully saturated rings. The fraction of sp³-hybridized carbons (Fsp3) is 0.250. The summed E-state index contributed by atoms with van der Waals surface area (Å²) in [5, 5.41) is 16.5. The SMILES string of the molecule is Cc1ccc(-[n+]2noc([O-])c2C2=NCCN3C2C3c2ccc(Br)cc2)cc1. The van der Waals surface area contributed by atoms with Gasteiger partial charge in [-0.15, -0.1) is 0 Å². The van der Waals surface area contributed by atoms with Gasteiger partial charge in [-0.1, -0.05) is 45.8 Å². The first-order chi connectivity index (χ1) is 13.1. The van der Waals surface area contributed by atoms with E-state index in [4.69, 9.17) is 9.52 Å². The fourth-order valence-electron chi connectivity index (χ4n) is 3.81. The van der Waals surface area contributed by atoms with Crippen LogP contribution in [0, 0.1) is 6.92 Å². The first kappa shape index (κ1) is 16.6. The van der Waals surface area contributed by atoms with Gasteiger partial charge in [0.25, 0.3) is 5.69 Å². The van der Waals surface area contributed by atoms with Crippen LogP contribution in [0.4, 0.5) is 0 Å². The maximum Gasteiger partial charge on any atom is 0.286 e. The average molecular weight is 425 g/mol. The molecule has 1 aromatic heterocycles. The highest BCUT2D eigenvalue weighted by molar-refractivity contribution is 9.10. The van der Waals surface area contributed by atoms with E-state index in [1.165, 1.54) is 5.56 Å². The molecule has 0 N–H and O–H groups in total. The molecule has 27 heavy (non-hydrogen) atoms. The van der Waals surface area contributed by atoms with Crippen molar-refractivity contribution in [3.63, 3.8) is 0 Å². The molecule has 1 saturated heterocycles. The minimum absolute atomic E-state index is 0.0868. The lowest BCUT2D eigenvalue weighted by atomic mass is 10.1. The van der Waals surface area contributed by atoms with E-state index in [2.05, 4.69) is 38.2 Å². The molecule has 2 aliphatic rings. The Balaban J connectivity index is 1.53. The molecular weight excluding hydrogens is 408 g/mol. The maximum atomic E-state index is 12.5. The maximum absolute atomic E-state index is 12.5. The summed E-state index contributed by atoms with van der Waals surface area (Å²) in [5.74, 6) is -0.447. The number of halogens is 1. The van der Waals surface area contributed by atoms with Crippen molar-refractivity contribution in [3.05, 3.63) is 69.8 Å². The molecule has 0 aliphatic carbocycles. The van der Waals surface area contributed by atoms with Gasteiger partial charge < -0.3 is 9.63 Å². The second kappa shape index (κ2) is 6.28. The van der Waals surface area contributed by atoms with Gasteiger partial charge in [-0.3, -0.25) is 9.89 Å². The lowest BCUT2D eigenvalue weighted by Gasteiger charge is -2.09. The van der Waals surface area contributed by atoms with Crippen LogP contribution >= 0.6 is 15.9 Å². The van der Waals surface area contributed by atoms with Gasteiger partial charge in [-0.2, -0.15) is 0 Å². The number of aryl methyl sites for hydroxylation is 1. The Morgan fingerprint density at radius 1 is 1.11 bits per heavy atom. The molecule has 2 aliphatic heterocycles. The van der Waals surface area contributed by atoms with E-state index in [0.717, 1.165) is 28.0 Å². The van der Waals surface area contributed by atoms with Crippen molar-refractivity contribution in [1.29, 1.82) is 0 Å². The minimum atomic E-state index is -0.447. The lowest BCUT2D eigenvalue weighted by Crippen LogP contribution is -2.41. The summed E-state index contributed by atoms with van der Waals surface area (Å²) in [4.78, 5) is 7.06. The van der Waals surface area contributed by atoms with Crippen molar-refractivity contribution in [2.75, 3.05) is 13.1 Å². The third-order valence-corrected chi connectivity index (χ3v) is 5.72. The first-order valence-corrected chi connectivity index (χ1v) is 9.65. The zero-order chi connectivity index (χ0) is 18.5. The Morgan fingerprint density at radius 2 is 1.85 bits per heavy atom. The van der Waals surface area contributed by atoms with E-state index < -0.39 is 5.95 Å². The quantitative estimate of drug-likeness (QED) is 0.477. The van der Waals surface area contributed by atoms with Crippen molar-refractivity contribution < 1.29 is 14.3 Å². The van der Waals surface area contributed by atoms with Gasteiger partial charge in [0, 0.05) is 23.2 Å². The Kier molecular flexibility index (Phi) is 3.87. The molecule has 2 aromatic carbocycles. The number of fused-ring (bicyclic) bond motifs is 1. The van der Waals surface area contributed by atoms with Crippen LogP contribution in [0.1, 0.15) is 22.9 Å². The number of rotatable bonds is 3. The van der Waals surface area contributed by atoms with Gasteiger partial charge in [0.05, 0.1) is 23.9 Å². The van der Waals surface area contributed by atoms with Crippen LogP contribution in [0.15, 0.2) is 62.5 Å². The fourth-order valence-corrected chi connectivity index (χ4v) is 4.08. The van der Waals surface area contributed by atoms with Gasteiger partial charge in [0.2, 0.25) is 5.69 Å². The third-order valence-electron chi connectivity index (χ3n) is 5.19. The molecule has 7 heteroatoms. The second-order valence-electron chi connectivity index (χ2n) is 6.90. The second-order valence-corrected chi connectivity index (χ2v) is 7.82. The Bertz CT molecular complexity index is 1030. The summed E-state index contributed by atoms with van der Waals surface area (Å²) in [5.41, 5.74) is 4.35. The summed E-state index contributed by atoms with van der Waals surface area (Å²) in [6.07, 6.45) is 0. The molecule has 0 amide bonds. The molecule has 3 unspecified atom stereocenters. The number of nitrogens with zero attached hydrogens (tertiary/aromatic N) is 4. The van der Waals surface area contributed by atoms with Crippen LogP contribution in [0.3, 0.4) is 0 Å². The lowest BCUT2D eigenvalue weighted by molar-refractivity contribution is -0.671. The standard InChI is InChI=1S/C20H17BrN4O2/c1-12-2-8-15(9-3-12)25-19(20(26)27-23-25)16-18-17(24(18)11-10-22-16)13-4-6-14(21)7-5-13/h2-9,17-18H,10-11H2,1H3. The smallest absolute Gasteiger partial charge is 0.286 e. The van der Waals surface area contributed by atoms with E-state index in [1.807, 2.05) is 43.3 Å². The highest BCUT2D eigenvalue weighted by Crippen LogP contribution is 2.46. The van der Waals surface area contributed by atoms with Crippen molar-refractivity contribution in [2.45, 2.75) is 19.0 Å². The highest BCUT2D eigenvalue weighted by atomic mass is 79.9. The van der Waals surface area contributed by atoms with E-state index in [9.17, 15) is 5.11 Å². The predicted octanol–water partition coefficient (Wildman–Crippen LogP) is 2.32. The van der Waals surface area contributed by atoms with Gasteiger partial charge in [0.1, 0.15) is 5.71 Å². The topological polar surface area (TPSA) is 68.3 Å². The molecule has 5 rings (SSSR count). The van der Waals surface area contributed by atoms with E-state index in [1.54, 1.807) is 4.68 Å². The normalized spacial score (nSPS) is 23.6.